The second-order valence-corrected chi connectivity index (χ2v) is 4.87. The maximum Gasteiger partial charge on any atom is 0.129 e. The highest BCUT2D eigenvalue weighted by Crippen LogP contribution is 2.32. The molecule has 1 aliphatic rings. The number of halogens is 4. The fourth-order valence-corrected chi connectivity index (χ4v) is 2.72. The maximum absolute atomic E-state index is 14.0. The van der Waals surface area contributed by atoms with E-state index in [1.807, 2.05) is 6.08 Å². The van der Waals surface area contributed by atoms with Gasteiger partial charge in [0.15, 0.2) is 0 Å². The first-order valence-corrected chi connectivity index (χ1v) is 6.61. The molecular weight excluding hydrogens is 322 g/mol. The lowest BCUT2D eigenvalue weighted by molar-refractivity contribution is 0.171. The molecule has 0 aromatic heterocycles. The first-order chi connectivity index (χ1) is 8.74. The van der Waals surface area contributed by atoms with E-state index in [0.29, 0.717) is 17.0 Å². The van der Waals surface area contributed by atoms with Gasteiger partial charge in [0.05, 0.1) is 0 Å². The summed E-state index contributed by atoms with van der Waals surface area (Å²) in [6, 6.07) is 4.85. The van der Waals surface area contributed by atoms with Gasteiger partial charge in [-0.1, -0.05) is 23.7 Å². The third-order valence-corrected chi connectivity index (χ3v) is 3.64. The minimum Gasteiger partial charge on any atom is -0.314 e. The van der Waals surface area contributed by atoms with Crippen LogP contribution in [0.25, 0.3) is 0 Å². The Morgan fingerprint density at radius 3 is 2.55 bits per heavy atom. The van der Waals surface area contributed by atoms with E-state index in [-0.39, 0.29) is 36.7 Å². The summed E-state index contributed by atoms with van der Waals surface area (Å²) in [5.74, 6) is -0.229. The zero-order chi connectivity index (χ0) is 13.0. The molecule has 0 bridgehead atoms. The number of piperazine rings is 1. The SMILES string of the molecule is C=CC[C@H](c1c(F)cccc1Cl)N1CCNCC1.Cl.Cl. The molecule has 2 rings (SSSR count). The minimum absolute atomic E-state index is 0. The highest BCUT2D eigenvalue weighted by Gasteiger charge is 2.25. The molecule has 1 N–H and O–H groups in total. The van der Waals surface area contributed by atoms with Crippen LogP contribution < -0.4 is 5.32 Å². The summed E-state index contributed by atoms with van der Waals surface area (Å²) >= 11 is 6.16. The van der Waals surface area contributed by atoms with E-state index >= 15 is 0 Å². The van der Waals surface area contributed by atoms with Crippen molar-refractivity contribution in [2.45, 2.75) is 12.5 Å². The van der Waals surface area contributed by atoms with E-state index in [1.54, 1.807) is 12.1 Å². The van der Waals surface area contributed by atoms with Crippen LogP contribution in [0.1, 0.15) is 18.0 Å². The highest BCUT2D eigenvalue weighted by atomic mass is 35.5. The zero-order valence-electron chi connectivity index (χ0n) is 11.1. The number of nitrogens with one attached hydrogen (secondary N) is 1. The van der Waals surface area contributed by atoms with Gasteiger partial charge in [0.1, 0.15) is 5.82 Å². The molecule has 0 saturated carbocycles. The Morgan fingerprint density at radius 2 is 2.00 bits per heavy atom. The van der Waals surface area contributed by atoms with Crippen molar-refractivity contribution in [2.24, 2.45) is 0 Å². The molecule has 1 atom stereocenters. The molecule has 20 heavy (non-hydrogen) atoms. The van der Waals surface area contributed by atoms with Crippen LogP contribution in [0.5, 0.6) is 0 Å². The third-order valence-electron chi connectivity index (χ3n) is 3.32. The molecule has 2 nitrogen and oxygen atoms in total. The number of hydrogen-bond donors (Lipinski definition) is 1. The topological polar surface area (TPSA) is 15.3 Å². The van der Waals surface area contributed by atoms with E-state index in [9.17, 15) is 4.39 Å². The number of nitrogens with zero attached hydrogens (tertiary/aromatic N) is 1. The molecule has 0 aliphatic carbocycles. The Labute approximate surface area is 137 Å². The van der Waals surface area contributed by atoms with Crippen LogP contribution in [-0.4, -0.2) is 31.1 Å². The maximum atomic E-state index is 14.0. The molecule has 6 heteroatoms. The highest BCUT2D eigenvalue weighted by molar-refractivity contribution is 6.31. The molecule has 0 radical (unpaired) electrons. The van der Waals surface area contributed by atoms with Crippen LogP contribution in [0.15, 0.2) is 30.9 Å². The second kappa shape index (κ2) is 9.59. The van der Waals surface area contributed by atoms with Crippen LogP contribution in [0.3, 0.4) is 0 Å². The number of rotatable bonds is 4. The van der Waals surface area contributed by atoms with Gasteiger partial charge in [-0.25, -0.2) is 4.39 Å². The van der Waals surface area contributed by atoms with Gasteiger partial charge in [-0.3, -0.25) is 4.90 Å². The fraction of sp³-hybridized carbons (Fsp3) is 0.429. The van der Waals surface area contributed by atoms with Crippen LogP contribution in [0.2, 0.25) is 5.02 Å². The predicted octanol–water partition coefficient (Wildman–Crippen LogP) is 3.85. The van der Waals surface area contributed by atoms with Gasteiger partial charge >= 0.3 is 0 Å². The van der Waals surface area contributed by atoms with E-state index in [2.05, 4.69) is 16.8 Å². The second-order valence-electron chi connectivity index (χ2n) is 4.46. The summed E-state index contributed by atoms with van der Waals surface area (Å²) in [4.78, 5) is 2.27. The van der Waals surface area contributed by atoms with E-state index in [0.717, 1.165) is 26.2 Å². The summed E-state index contributed by atoms with van der Waals surface area (Å²) < 4.78 is 14.0. The molecule has 114 valence electrons. The van der Waals surface area contributed by atoms with Crippen molar-refractivity contribution in [1.29, 1.82) is 0 Å². The zero-order valence-corrected chi connectivity index (χ0v) is 13.5. The molecular formula is C14H20Cl3FN2. The summed E-state index contributed by atoms with van der Waals surface area (Å²) in [7, 11) is 0. The van der Waals surface area contributed by atoms with E-state index in [4.69, 9.17) is 11.6 Å². The molecule has 1 aliphatic heterocycles. The van der Waals surface area contributed by atoms with Gasteiger partial charge < -0.3 is 5.32 Å². The standard InChI is InChI=1S/C14H18ClFN2.2ClH/c1-2-4-13(18-9-7-17-8-10-18)14-11(15)5-3-6-12(14)16;;/h2-3,5-6,13,17H,1,4,7-10H2;2*1H/t13-;;/m1../s1. The van der Waals surface area contributed by atoms with Crippen molar-refractivity contribution >= 4 is 36.4 Å². The van der Waals surface area contributed by atoms with Crippen molar-refractivity contribution in [1.82, 2.24) is 10.2 Å². The summed E-state index contributed by atoms with van der Waals surface area (Å²) in [5, 5.41) is 3.80. The van der Waals surface area contributed by atoms with Crippen LogP contribution in [-0.2, 0) is 0 Å². The lowest BCUT2D eigenvalue weighted by Crippen LogP contribution is -2.45. The summed E-state index contributed by atoms with van der Waals surface area (Å²) in [6.07, 6.45) is 2.54. The predicted molar refractivity (Wildman–Crippen MR) is 87.9 cm³/mol. The molecule has 1 heterocycles. The first kappa shape index (κ1) is 19.7. The Balaban J connectivity index is 0.00000180. The molecule has 0 spiro atoms. The van der Waals surface area contributed by atoms with Gasteiger partial charge in [-0.15, -0.1) is 31.4 Å². The van der Waals surface area contributed by atoms with Gasteiger partial charge in [0.25, 0.3) is 0 Å². The molecule has 1 fully saturated rings. The van der Waals surface area contributed by atoms with Crippen molar-refractivity contribution in [3.63, 3.8) is 0 Å². The lowest BCUT2D eigenvalue weighted by Gasteiger charge is -2.35. The van der Waals surface area contributed by atoms with Gasteiger partial charge in [-0.2, -0.15) is 0 Å². The molecule has 0 amide bonds. The first-order valence-electron chi connectivity index (χ1n) is 6.23. The van der Waals surface area contributed by atoms with Crippen LogP contribution >= 0.6 is 36.4 Å². The monoisotopic (exact) mass is 340 g/mol. The lowest BCUT2D eigenvalue weighted by atomic mass is 10.0. The van der Waals surface area contributed by atoms with Crippen molar-refractivity contribution < 1.29 is 4.39 Å². The largest absolute Gasteiger partial charge is 0.314 e. The van der Waals surface area contributed by atoms with Crippen LogP contribution in [0, 0.1) is 5.82 Å². The summed E-state index contributed by atoms with van der Waals surface area (Å²) in [5.41, 5.74) is 0.598. The van der Waals surface area contributed by atoms with E-state index in [1.165, 1.54) is 6.07 Å². The Morgan fingerprint density at radius 1 is 1.35 bits per heavy atom. The van der Waals surface area contributed by atoms with E-state index < -0.39 is 0 Å². The third kappa shape index (κ3) is 4.61. The minimum atomic E-state index is -0.229. The quantitative estimate of drug-likeness (QED) is 0.837. The smallest absolute Gasteiger partial charge is 0.129 e. The van der Waals surface area contributed by atoms with Crippen molar-refractivity contribution in [2.75, 3.05) is 26.2 Å². The van der Waals surface area contributed by atoms with Gasteiger partial charge in [0, 0.05) is 42.8 Å². The van der Waals surface area contributed by atoms with Crippen molar-refractivity contribution in [3.8, 4) is 0 Å². The number of benzene rings is 1. The van der Waals surface area contributed by atoms with Crippen LogP contribution in [0.4, 0.5) is 4.39 Å². The number of hydrogen-bond acceptors (Lipinski definition) is 2. The Kier molecular flexibility index (Phi) is 9.43. The molecule has 1 aromatic carbocycles. The Bertz CT molecular complexity index is 403. The average Bonchev–Trinajstić information content (AvgIpc) is 2.38. The van der Waals surface area contributed by atoms with Gasteiger partial charge in [0.2, 0.25) is 0 Å². The fourth-order valence-electron chi connectivity index (χ4n) is 2.43. The molecule has 0 unspecified atom stereocenters. The normalized spacial score (nSPS) is 16.7. The molecule has 1 saturated heterocycles. The average molecular weight is 342 g/mol. The molecule has 1 aromatic rings. The summed E-state index contributed by atoms with van der Waals surface area (Å²) in [6.45, 7) is 7.44. The Hall–Kier alpha value is -0.320. The van der Waals surface area contributed by atoms with Crippen molar-refractivity contribution in [3.05, 3.63) is 47.3 Å². The van der Waals surface area contributed by atoms with Gasteiger partial charge in [-0.05, 0) is 18.6 Å².